The van der Waals surface area contributed by atoms with Crippen LogP contribution in [0, 0.1) is 0 Å². The molecule has 0 aliphatic carbocycles. The van der Waals surface area contributed by atoms with Gasteiger partial charge in [0, 0.05) is 10.6 Å². The lowest BCUT2D eigenvalue weighted by molar-refractivity contribution is 0.462. The van der Waals surface area contributed by atoms with E-state index in [0.717, 1.165) is 0 Å². The lowest BCUT2D eigenvalue weighted by Crippen LogP contribution is -2.07. The summed E-state index contributed by atoms with van der Waals surface area (Å²) in [5.74, 6) is 0.0694. The van der Waals surface area contributed by atoms with Gasteiger partial charge in [-0.25, -0.2) is 0 Å². The van der Waals surface area contributed by atoms with Gasteiger partial charge < -0.3 is 10.8 Å². The number of rotatable bonds is 2. The number of phenolic OH excluding ortho intramolecular Hbond substituents is 1. The molecule has 0 aliphatic heterocycles. The third-order valence-corrected chi connectivity index (χ3v) is 2.67. The maximum Gasteiger partial charge on any atom is 0.136 e. The van der Waals surface area contributed by atoms with Crippen molar-refractivity contribution in [1.82, 2.24) is 0 Å². The van der Waals surface area contributed by atoms with E-state index >= 15 is 0 Å². The molecule has 0 aromatic heterocycles. The van der Waals surface area contributed by atoms with Crippen molar-refractivity contribution in [2.75, 3.05) is 0 Å². The van der Waals surface area contributed by atoms with Crippen molar-refractivity contribution in [2.24, 2.45) is 5.73 Å². The summed E-state index contributed by atoms with van der Waals surface area (Å²) in [7, 11) is 0. The van der Waals surface area contributed by atoms with E-state index in [0.29, 0.717) is 15.1 Å². The largest absolute Gasteiger partial charge is 0.506 e. The molecule has 0 unspecified atom stereocenters. The molecule has 0 radical (unpaired) electrons. The average molecular weight is 299 g/mol. The van der Waals surface area contributed by atoms with Crippen molar-refractivity contribution in [3.8, 4) is 5.75 Å². The molecule has 0 amide bonds. The summed E-state index contributed by atoms with van der Waals surface area (Å²) < 4.78 is 0.573. The number of aromatic hydroxyl groups is 1. The maximum absolute atomic E-state index is 9.62. The number of hydrogen-bond acceptors (Lipinski definition) is 2. The second-order valence-corrected chi connectivity index (χ2v) is 3.81. The molecule has 3 N–H and O–H groups in total. The highest BCUT2D eigenvalue weighted by molar-refractivity contribution is 9.10. The summed E-state index contributed by atoms with van der Waals surface area (Å²) in [6, 6.07) is 2.88. The molecule has 0 saturated carbocycles. The highest BCUT2D eigenvalue weighted by Gasteiger charge is 2.14. The van der Waals surface area contributed by atoms with E-state index in [9.17, 15) is 5.11 Å². The lowest BCUT2D eigenvalue weighted by Gasteiger charge is -2.12. The van der Waals surface area contributed by atoms with Crippen LogP contribution in [0.15, 0.2) is 29.3 Å². The molecule has 0 fully saturated rings. The molecule has 78 valence electrons. The van der Waals surface area contributed by atoms with Gasteiger partial charge in [-0.05, 0) is 28.1 Å². The smallest absolute Gasteiger partial charge is 0.136 e. The van der Waals surface area contributed by atoms with Crippen molar-refractivity contribution in [3.63, 3.8) is 0 Å². The van der Waals surface area contributed by atoms with Gasteiger partial charge in [-0.15, -0.1) is 19.0 Å². The summed E-state index contributed by atoms with van der Waals surface area (Å²) >= 11 is 9.05. The first-order valence-electron chi connectivity index (χ1n) is 3.63. The molecule has 14 heavy (non-hydrogen) atoms. The standard InChI is InChI=1S/C9H9BrClNO.ClH/c1-2-7(12)8-6(11)4-3-5(10)9(8)13;/h2-4,7,13H,1,12H2;1H/t7-;/m0./s1. The van der Waals surface area contributed by atoms with Gasteiger partial charge in [0.1, 0.15) is 5.75 Å². The van der Waals surface area contributed by atoms with E-state index in [4.69, 9.17) is 17.3 Å². The molecule has 0 saturated heterocycles. The van der Waals surface area contributed by atoms with E-state index < -0.39 is 6.04 Å². The van der Waals surface area contributed by atoms with E-state index in [-0.39, 0.29) is 18.2 Å². The Bertz CT molecular complexity index is 344. The van der Waals surface area contributed by atoms with Gasteiger partial charge in [0.05, 0.1) is 10.5 Å². The minimum atomic E-state index is -0.454. The van der Waals surface area contributed by atoms with Crippen LogP contribution in [0.5, 0.6) is 5.75 Å². The summed E-state index contributed by atoms with van der Waals surface area (Å²) in [6.45, 7) is 3.54. The van der Waals surface area contributed by atoms with Crippen LogP contribution in [-0.2, 0) is 0 Å². The molecular weight excluding hydrogens is 289 g/mol. The summed E-state index contributed by atoms with van der Waals surface area (Å²) in [6.07, 6.45) is 1.52. The van der Waals surface area contributed by atoms with Gasteiger partial charge >= 0.3 is 0 Å². The number of hydrogen-bond donors (Lipinski definition) is 2. The Balaban J connectivity index is 0.00000169. The first kappa shape index (κ1) is 13.8. The molecule has 1 aromatic carbocycles. The zero-order chi connectivity index (χ0) is 10.0. The minimum absolute atomic E-state index is 0. The number of nitrogens with two attached hydrogens (primary N) is 1. The highest BCUT2D eigenvalue weighted by Crippen LogP contribution is 2.36. The van der Waals surface area contributed by atoms with Crippen LogP contribution in [0.4, 0.5) is 0 Å². The van der Waals surface area contributed by atoms with E-state index in [1.54, 1.807) is 12.1 Å². The third-order valence-electron chi connectivity index (χ3n) is 1.70. The van der Waals surface area contributed by atoms with Crippen molar-refractivity contribution in [3.05, 3.63) is 39.8 Å². The zero-order valence-corrected chi connectivity index (χ0v) is 10.4. The molecule has 5 heteroatoms. The van der Waals surface area contributed by atoms with Crippen LogP contribution in [-0.4, -0.2) is 5.11 Å². The summed E-state index contributed by atoms with van der Waals surface area (Å²) in [5.41, 5.74) is 6.17. The molecule has 1 atom stereocenters. The first-order valence-corrected chi connectivity index (χ1v) is 4.80. The van der Waals surface area contributed by atoms with Gasteiger partial charge in [-0.3, -0.25) is 0 Å². The monoisotopic (exact) mass is 297 g/mol. The average Bonchev–Trinajstić information content (AvgIpc) is 2.12. The van der Waals surface area contributed by atoms with Crippen molar-refractivity contribution in [2.45, 2.75) is 6.04 Å². The van der Waals surface area contributed by atoms with Crippen LogP contribution in [0.1, 0.15) is 11.6 Å². The number of halogens is 3. The van der Waals surface area contributed by atoms with E-state index in [2.05, 4.69) is 22.5 Å². The SMILES string of the molecule is C=C[C@H](N)c1c(Cl)ccc(Br)c1O.Cl. The number of phenols is 1. The van der Waals surface area contributed by atoms with Gasteiger partial charge in [-0.1, -0.05) is 17.7 Å². The fourth-order valence-electron chi connectivity index (χ4n) is 0.992. The molecule has 0 aliphatic rings. The Labute approximate surface area is 102 Å². The van der Waals surface area contributed by atoms with Crippen LogP contribution >= 0.6 is 39.9 Å². The fourth-order valence-corrected chi connectivity index (χ4v) is 1.62. The predicted molar refractivity (Wildman–Crippen MR) is 65.2 cm³/mol. The Morgan fingerprint density at radius 3 is 2.64 bits per heavy atom. The second-order valence-electron chi connectivity index (χ2n) is 2.55. The van der Waals surface area contributed by atoms with E-state index in [1.165, 1.54) is 6.08 Å². The topological polar surface area (TPSA) is 46.2 Å². The molecule has 0 spiro atoms. The first-order chi connectivity index (χ1) is 6.07. The quantitative estimate of drug-likeness (QED) is 0.822. The summed E-state index contributed by atoms with van der Waals surface area (Å²) in [5, 5.41) is 10.1. The van der Waals surface area contributed by atoms with Crippen LogP contribution < -0.4 is 5.73 Å². The van der Waals surface area contributed by atoms with Gasteiger partial charge in [-0.2, -0.15) is 0 Å². The van der Waals surface area contributed by atoms with Crippen LogP contribution in [0.25, 0.3) is 0 Å². The summed E-state index contributed by atoms with van der Waals surface area (Å²) in [4.78, 5) is 0. The highest BCUT2D eigenvalue weighted by atomic mass is 79.9. The zero-order valence-electron chi connectivity index (χ0n) is 7.21. The predicted octanol–water partition coefficient (Wildman–Crippen LogP) is 3.42. The van der Waals surface area contributed by atoms with E-state index in [1.807, 2.05) is 0 Å². The molecule has 0 bridgehead atoms. The fraction of sp³-hybridized carbons (Fsp3) is 0.111. The second kappa shape index (κ2) is 5.61. The molecule has 0 heterocycles. The Kier molecular flexibility index (Phi) is 5.52. The number of benzene rings is 1. The third kappa shape index (κ3) is 2.64. The van der Waals surface area contributed by atoms with Gasteiger partial charge in [0.2, 0.25) is 0 Å². The van der Waals surface area contributed by atoms with Crippen molar-refractivity contribution >= 4 is 39.9 Å². The Morgan fingerprint density at radius 1 is 1.57 bits per heavy atom. The van der Waals surface area contributed by atoms with Crippen molar-refractivity contribution < 1.29 is 5.11 Å². The molecule has 1 aromatic rings. The van der Waals surface area contributed by atoms with Crippen LogP contribution in [0.2, 0.25) is 5.02 Å². The van der Waals surface area contributed by atoms with Crippen molar-refractivity contribution in [1.29, 1.82) is 0 Å². The Hall–Kier alpha value is -0.220. The van der Waals surface area contributed by atoms with Gasteiger partial charge in [0.25, 0.3) is 0 Å². The lowest BCUT2D eigenvalue weighted by atomic mass is 10.1. The Morgan fingerprint density at radius 2 is 2.14 bits per heavy atom. The van der Waals surface area contributed by atoms with Crippen LogP contribution in [0.3, 0.4) is 0 Å². The minimum Gasteiger partial charge on any atom is -0.506 e. The maximum atomic E-state index is 9.62. The van der Waals surface area contributed by atoms with Gasteiger partial charge in [0.15, 0.2) is 0 Å². The molecular formula is C9H10BrCl2NO. The molecule has 1 rings (SSSR count). The normalized spacial score (nSPS) is 11.6. The molecule has 2 nitrogen and oxygen atoms in total.